The molecule has 0 aromatic heterocycles. The second kappa shape index (κ2) is 6.18. The molecular weight excluding hydrogens is 230 g/mol. The standard InChI is InChI=1S/C13H23N3O2/c14-12(17)9-3-5-11(6-4-9)16-13(18)10-2-1-7-15-8-10/h9-11,15H,1-8H2,(H2,14,17)(H,16,18). The number of piperidine rings is 1. The van der Waals surface area contributed by atoms with E-state index in [2.05, 4.69) is 10.6 Å². The van der Waals surface area contributed by atoms with Crippen molar-refractivity contribution in [2.45, 2.75) is 44.6 Å². The number of hydrogen-bond acceptors (Lipinski definition) is 3. The van der Waals surface area contributed by atoms with Gasteiger partial charge in [-0.05, 0) is 45.1 Å². The van der Waals surface area contributed by atoms with Gasteiger partial charge in [0.2, 0.25) is 11.8 Å². The van der Waals surface area contributed by atoms with E-state index in [0.29, 0.717) is 0 Å². The Morgan fingerprint density at radius 3 is 2.33 bits per heavy atom. The van der Waals surface area contributed by atoms with Gasteiger partial charge in [0.25, 0.3) is 0 Å². The van der Waals surface area contributed by atoms with E-state index in [4.69, 9.17) is 5.73 Å². The van der Waals surface area contributed by atoms with E-state index < -0.39 is 0 Å². The summed E-state index contributed by atoms with van der Waals surface area (Å²) >= 11 is 0. The van der Waals surface area contributed by atoms with Crippen LogP contribution in [-0.2, 0) is 9.59 Å². The molecule has 2 amide bonds. The van der Waals surface area contributed by atoms with Gasteiger partial charge >= 0.3 is 0 Å². The first-order chi connectivity index (χ1) is 8.66. The molecule has 5 heteroatoms. The summed E-state index contributed by atoms with van der Waals surface area (Å²) in [6.45, 7) is 1.82. The van der Waals surface area contributed by atoms with Crippen LogP contribution < -0.4 is 16.4 Å². The van der Waals surface area contributed by atoms with Gasteiger partial charge in [-0.15, -0.1) is 0 Å². The number of hydrogen-bond donors (Lipinski definition) is 3. The van der Waals surface area contributed by atoms with Crippen molar-refractivity contribution in [2.24, 2.45) is 17.6 Å². The van der Waals surface area contributed by atoms with E-state index in [0.717, 1.165) is 51.6 Å². The summed E-state index contributed by atoms with van der Waals surface area (Å²) in [7, 11) is 0. The number of nitrogens with one attached hydrogen (secondary N) is 2. The molecule has 0 spiro atoms. The monoisotopic (exact) mass is 253 g/mol. The number of rotatable bonds is 3. The van der Waals surface area contributed by atoms with Gasteiger partial charge in [0, 0.05) is 18.5 Å². The number of amides is 2. The zero-order valence-corrected chi connectivity index (χ0v) is 10.8. The Morgan fingerprint density at radius 1 is 1.06 bits per heavy atom. The van der Waals surface area contributed by atoms with Gasteiger partial charge in [0.1, 0.15) is 0 Å². The maximum absolute atomic E-state index is 12.0. The van der Waals surface area contributed by atoms with Crippen LogP contribution in [0.1, 0.15) is 38.5 Å². The molecule has 1 heterocycles. The lowest BCUT2D eigenvalue weighted by Crippen LogP contribution is -2.46. The molecule has 1 aliphatic heterocycles. The van der Waals surface area contributed by atoms with Crippen molar-refractivity contribution in [3.63, 3.8) is 0 Å². The third-order valence-corrected chi connectivity index (χ3v) is 4.14. The first-order valence-electron chi connectivity index (χ1n) is 6.97. The van der Waals surface area contributed by atoms with Crippen molar-refractivity contribution >= 4 is 11.8 Å². The molecule has 1 saturated heterocycles. The van der Waals surface area contributed by atoms with Crippen molar-refractivity contribution in [1.82, 2.24) is 10.6 Å². The van der Waals surface area contributed by atoms with E-state index in [-0.39, 0.29) is 29.7 Å². The molecule has 1 saturated carbocycles. The summed E-state index contributed by atoms with van der Waals surface area (Å²) in [5.41, 5.74) is 5.30. The third kappa shape index (κ3) is 3.45. The number of primary amides is 1. The fraction of sp³-hybridized carbons (Fsp3) is 0.846. The smallest absolute Gasteiger partial charge is 0.224 e. The quantitative estimate of drug-likeness (QED) is 0.669. The van der Waals surface area contributed by atoms with Crippen LogP contribution in [0.15, 0.2) is 0 Å². The molecule has 4 N–H and O–H groups in total. The summed E-state index contributed by atoms with van der Waals surface area (Å²) in [6, 6.07) is 0.232. The average molecular weight is 253 g/mol. The average Bonchev–Trinajstić information content (AvgIpc) is 2.40. The highest BCUT2D eigenvalue weighted by Gasteiger charge is 2.28. The van der Waals surface area contributed by atoms with Crippen molar-refractivity contribution < 1.29 is 9.59 Å². The molecule has 2 fully saturated rings. The number of carbonyl (C=O) groups excluding carboxylic acids is 2. The van der Waals surface area contributed by atoms with Crippen LogP contribution >= 0.6 is 0 Å². The highest BCUT2D eigenvalue weighted by atomic mass is 16.2. The Kier molecular flexibility index (Phi) is 4.58. The Hall–Kier alpha value is -1.10. The maximum Gasteiger partial charge on any atom is 0.224 e. The summed E-state index contributed by atoms with van der Waals surface area (Å²) in [6.07, 6.45) is 5.42. The van der Waals surface area contributed by atoms with Gasteiger partial charge in [-0.1, -0.05) is 0 Å². The molecule has 2 aliphatic rings. The van der Waals surface area contributed by atoms with Crippen molar-refractivity contribution in [2.75, 3.05) is 13.1 Å². The van der Waals surface area contributed by atoms with E-state index in [1.54, 1.807) is 0 Å². The molecule has 0 bridgehead atoms. The first-order valence-corrected chi connectivity index (χ1v) is 6.97. The molecule has 1 unspecified atom stereocenters. The first kappa shape index (κ1) is 13.3. The third-order valence-electron chi connectivity index (χ3n) is 4.14. The molecule has 1 aliphatic carbocycles. The van der Waals surface area contributed by atoms with Gasteiger partial charge in [-0.25, -0.2) is 0 Å². The minimum Gasteiger partial charge on any atom is -0.369 e. The molecule has 0 aromatic carbocycles. The summed E-state index contributed by atoms with van der Waals surface area (Å²) in [5.74, 6) is 0.100. The van der Waals surface area contributed by atoms with E-state index in [9.17, 15) is 9.59 Å². The SMILES string of the molecule is NC(=O)C1CCC(NC(=O)C2CCCNC2)CC1. The molecule has 2 rings (SSSR count). The zero-order chi connectivity index (χ0) is 13.0. The van der Waals surface area contributed by atoms with Crippen molar-refractivity contribution in [3.05, 3.63) is 0 Å². The van der Waals surface area contributed by atoms with E-state index in [1.807, 2.05) is 0 Å². The summed E-state index contributed by atoms with van der Waals surface area (Å²) in [4.78, 5) is 23.1. The van der Waals surface area contributed by atoms with Gasteiger partial charge in [0.05, 0.1) is 5.92 Å². The lowest BCUT2D eigenvalue weighted by molar-refractivity contribution is -0.126. The second-order valence-corrected chi connectivity index (χ2v) is 5.50. The Bertz CT molecular complexity index is 305. The molecule has 0 aromatic rings. The number of carbonyl (C=O) groups is 2. The van der Waals surface area contributed by atoms with Gasteiger partial charge in [0.15, 0.2) is 0 Å². The van der Waals surface area contributed by atoms with Crippen LogP contribution in [0.2, 0.25) is 0 Å². The highest BCUT2D eigenvalue weighted by molar-refractivity contribution is 5.79. The van der Waals surface area contributed by atoms with Gasteiger partial charge < -0.3 is 16.4 Å². The Labute approximate surface area is 108 Å². The van der Waals surface area contributed by atoms with E-state index in [1.165, 1.54) is 0 Å². The molecule has 0 radical (unpaired) electrons. The largest absolute Gasteiger partial charge is 0.369 e. The lowest BCUT2D eigenvalue weighted by Gasteiger charge is -2.30. The molecule has 18 heavy (non-hydrogen) atoms. The maximum atomic E-state index is 12.0. The zero-order valence-electron chi connectivity index (χ0n) is 10.8. The predicted molar refractivity (Wildman–Crippen MR) is 68.7 cm³/mol. The normalized spacial score (nSPS) is 32.8. The van der Waals surface area contributed by atoms with Crippen LogP contribution in [0, 0.1) is 11.8 Å². The van der Waals surface area contributed by atoms with Crippen LogP contribution in [0.5, 0.6) is 0 Å². The molecule has 1 atom stereocenters. The number of nitrogens with two attached hydrogens (primary N) is 1. The minimum absolute atomic E-state index is 0.00880. The van der Waals surface area contributed by atoms with Crippen LogP contribution in [0.4, 0.5) is 0 Å². The topological polar surface area (TPSA) is 84.2 Å². The summed E-state index contributed by atoms with van der Waals surface area (Å²) < 4.78 is 0. The lowest BCUT2D eigenvalue weighted by atomic mass is 9.85. The van der Waals surface area contributed by atoms with E-state index >= 15 is 0 Å². The minimum atomic E-state index is -0.198. The Balaban J connectivity index is 1.73. The van der Waals surface area contributed by atoms with Gasteiger partial charge in [-0.3, -0.25) is 9.59 Å². The molecule has 5 nitrogen and oxygen atoms in total. The van der Waals surface area contributed by atoms with Crippen molar-refractivity contribution in [3.8, 4) is 0 Å². The second-order valence-electron chi connectivity index (χ2n) is 5.50. The van der Waals surface area contributed by atoms with Crippen molar-refractivity contribution in [1.29, 1.82) is 0 Å². The summed E-state index contributed by atoms with van der Waals surface area (Å²) in [5, 5.41) is 6.37. The highest BCUT2D eigenvalue weighted by Crippen LogP contribution is 2.24. The van der Waals surface area contributed by atoms with Crippen LogP contribution in [0.3, 0.4) is 0 Å². The van der Waals surface area contributed by atoms with Gasteiger partial charge in [-0.2, -0.15) is 0 Å². The fourth-order valence-electron chi connectivity index (χ4n) is 2.92. The molecule has 102 valence electrons. The Morgan fingerprint density at radius 2 is 1.78 bits per heavy atom. The van der Waals surface area contributed by atoms with Crippen LogP contribution in [-0.4, -0.2) is 30.9 Å². The fourth-order valence-corrected chi connectivity index (χ4v) is 2.92. The predicted octanol–water partition coefficient (Wildman–Crippen LogP) is 0.146. The van der Waals surface area contributed by atoms with Crippen LogP contribution in [0.25, 0.3) is 0 Å². The molecular formula is C13H23N3O2.